The number of imide groups is 1. The number of hydrogen-bond acceptors (Lipinski definition) is 5. The molecule has 1 unspecified atom stereocenters. The zero-order valence-electron chi connectivity index (χ0n) is 13.1. The number of hydrogen-bond donors (Lipinski definition) is 2. The fraction of sp³-hybridized carbons (Fsp3) is 0.375. The largest absolute Gasteiger partial charge is 0.375 e. The number of nitrogens with zero attached hydrogens (tertiary/aromatic N) is 1. The van der Waals surface area contributed by atoms with E-state index in [1.54, 1.807) is 18.2 Å². The van der Waals surface area contributed by atoms with Gasteiger partial charge in [-0.2, -0.15) is 0 Å². The molecule has 126 valence electrons. The summed E-state index contributed by atoms with van der Waals surface area (Å²) in [6.45, 7) is 0.236. The Morgan fingerprint density at radius 1 is 1.38 bits per heavy atom. The molecule has 2 N–H and O–H groups in total. The number of piperidine rings is 1. The van der Waals surface area contributed by atoms with Gasteiger partial charge in [0.1, 0.15) is 12.6 Å². The maximum atomic E-state index is 12.6. The Kier molecular flexibility index (Phi) is 4.30. The summed E-state index contributed by atoms with van der Waals surface area (Å²) in [6.07, 6.45) is 0.538. The first-order valence-electron chi connectivity index (χ1n) is 7.56. The van der Waals surface area contributed by atoms with Gasteiger partial charge in [0.15, 0.2) is 0 Å². The number of benzene rings is 1. The molecule has 24 heavy (non-hydrogen) atoms. The van der Waals surface area contributed by atoms with Crippen LogP contribution < -0.4 is 10.6 Å². The van der Waals surface area contributed by atoms with Crippen LogP contribution in [0.3, 0.4) is 0 Å². The van der Waals surface area contributed by atoms with Crippen LogP contribution in [0.25, 0.3) is 0 Å². The third kappa shape index (κ3) is 3.00. The smallest absolute Gasteiger partial charge is 0.255 e. The van der Waals surface area contributed by atoms with Gasteiger partial charge in [-0.3, -0.25) is 24.5 Å². The third-order valence-corrected chi connectivity index (χ3v) is 4.09. The number of carbonyl (C=O) groups excluding carboxylic acids is 4. The predicted molar refractivity (Wildman–Crippen MR) is 83.0 cm³/mol. The van der Waals surface area contributed by atoms with Gasteiger partial charge in [0, 0.05) is 31.3 Å². The summed E-state index contributed by atoms with van der Waals surface area (Å²) in [5, 5.41) is 4.91. The predicted octanol–water partition coefficient (Wildman–Crippen LogP) is 0.0325. The molecule has 4 amide bonds. The second-order valence-electron chi connectivity index (χ2n) is 5.75. The average molecular weight is 331 g/mol. The van der Waals surface area contributed by atoms with Gasteiger partial charge < -0.3 is 15.0 Å². The van der Waals surface area contributed by atoms with Gasteiger partial charge in [0.2, 0.25) is 17.7 Å². The van der Waals surface area contributed by atoms with Crippen LogP contribution in [0.15, 0.2) is 18.2 Å². The van der Waals surface area contributed by atoms with E-state index in [1.165, 1.54) is 12.0 Å². The van der Waals surface area contributed by atoms with Gasteiger partial charge in [-0.05, 0) is 24.1 Å². The molecule has 0 bridgehead atoms. The maximum absolute atomic E-state index is 12.6. The minimum absolute atomic E-state index is 0.0760. The molecule has 8 nitrogen and oxygen atoms in total. The van der Waals surface area contributed by atoms with Crippen molar-refractivity contribution in [2.75, 3.05) is 19.0 Å². The molecule has 0 spiro atoms. The van der Waals surface area contributed by atoms with Crippen LogP contribution in [-0.4, -0.2) is 48.3 Å². The Bertz CT molecular complexity index is 730. The summed E-state index contributed by atoms with van der Waals surface area (Å²) in [6, 6.07) is 4.40. The molecule has 0 aliphatic carbocycles. The molecule has 1 aromatic carbocycles. The van der Waals surface area contributed by atoms with Crippen LogP contribution >= 0.6 is 0 Å². The van der Waals surface area contributed by atoms with Crippen molar-refractivity contribution in [2.24, 2.45) is 0 Å². The lowest BCUT2D eigenvalue weighted by Gasteiger charge is -2.29. The molecule has 1 saturated heterocycles. The number of amides is 4. The van der Waals surface area contributed by atoms with Crippen molar-refractivity contribution < 1.29 is 23.9 Å². The van der Waals surface area contributed by atoms with E-state index in [4.69, 9.17) is 4.74 Å². The normalized spacial score (nSPS) is 20.0. The standard InChI is InChI=1S/C16H17N3O5/c1-24-8-14(21)17-10-3-2-9-7-19(16(23)11(9)6-10)12-4-5-13(20)18-15(12)22/h2-3,6,12H,4-5,7-8H2,1H3,(H,17,21)(H,18,20,22). The molecule has 0 aromatic heterocycles. The van der Waals surface area contributed by atoms with E-state index in [0.717, 1.165) is 5.56 Å². The van der Waals surface area contributed by atoms with Crippen LogP contribution in [0.1, 0.15) is 28.8 Å². The highest BCUT2D eigenvalue weighted by Crippen LogP contribution is 2.29. The zero-order chi connectivity index (χ0) is 17.3. The molecule has 8 heteroatoms. The van der Waals surface area contributed by atoms with Gasteiger partial charge in [-0.15, -0.1) is 0 Å². The van der Waals surface area contributed by atoms with E-state index in [9.17, 15) is 19.2 Å². The van der Waals surface area contributed by atoms with Crippen molar-refractivity contribution in [3.05, 3.63) is 29.3 Å². The maximum Gasteiger partial charge on any atom is 0.255 e. The number of rotatable bonds is 4. The van der Waals surface area contributed by atoms with Gasteiger partial charge in [0.25, 0.3) is 5.91 Å². The lowest BCUT2D eigenvalue weighted by atomic mass is 10.0. The summed E-state index contributed by atoms with van der Waals surface area (Å²) in [5.41, 5.74) is 1.73. The first kappa shape index (κ1) is 16.1. The summed E-state index contributed by atoms with van der Waals surface area (Å²) in [4.78, 5) is 48.9. The molecule has 2 heterocycles. The first-order chi connectivity index (χ1) is 11.5. The van der Waals surface area contributed by atoms with Crippen LogP contribution in [-0.2, 0) is 25.7 Å². The fourth-order valence-corrected chi connectivity index (χ4v) is 2.96. The lowest BCUT2D eigenvalue weighted by Crippen LogP contribution is -2.52. The van der Waals surface area contributed by atoms with Crippen LogP contribution in [0, 0.1) is 0 Å². The Labute approximate surface area is 138 Å². The van der Waals surface area contributed by atoms with Crippen molar-refractivity contribution in [3.63, 3.8) is 0 Å². The molecular weight excluding hydrogens is 314 g/mol. The SMILES string of the molecule is COCC(=O)Nc1ccc2c(c1)C(=O)N(C1CCC(=O)NC1=O)C2. The fourth-order valence-electron chi connectivity index (χ4n) is 2.96. The number of carbonyl (C=O) groups is 4. The van der Waals surface area contributed by atoms with Gasteiger partial charge in [-0.1, -0.05) is 6.07 Å². The Hall–Kier alpha value is -2.74. The minimum Gasteiger partial charge on any atom is -0.375 e. The number of anilines is 1. The minimum atomic E-state index is -0.644. The second-order valence-corrected chi connectivity index (χ2v) is 5.75. The van der Waals surface area contributed by atoms with E-state index < -0.39 is 11.9 Å². The number of ether oxygens (including phenoxy) is 1. The molecule has 2 aliphatic heterocycles. The van der Waals surface area contributed by atoms with Gasteiger partial charge >= 0.3 is 0 Å². The van der Waals surface area contributed by atoms with Crippen molar-refractivity contribution in [1.82, 2.24) is 10.2 Å². The summed E-state index contributed by atoms with van der Waals surface area (Å²) in [7, 11) is 1.42. The summed E-state index contributed by atoms with van der Waals surface area (Å²) < 4.78 is 4.75. The van der Waals surface area contributed by atoms with E-state index in [1.807, 2.05) is 0 Å². The second kappa shape index (κ2) is 6.40. The van der Waals surface area contributed by atoms with Gasteiger partial charge in [-0.25, -0.2) is 0 Å². The summed E-state index contributed by atoms with van der Waals surface area (Å²) in [5.74, 6) is -1.35. The number of methoxy groups -OCH3 is 1. The van der Waals surface area contributed by atoms with Crippen LogP contribution in [0.2, 0.25) is 0 Å². The summed E-state index contributed by atoms with van der Waals surface area (Å²) >= 11 is 0. The van der Waals surface area contributed by atoms with Crippen molar-refractivity contribution in [2.45, 2.75) is 25.4 Å². The van der Waals surface area contributed by atoms with Crippen molar-refractivity contribution in [1.29, 1.82) is 0 Å². The highest BCUT2D eigenvalue weighted by Gasteiger charge is 2.39. The molecule has 1 atom stereocenters. The number of nitrogens with one attached hydrogen (secondary N) is 2. The Balaban J connectivity index is 1.77. The monoisotopic (exact) mass is 331 g/mol. The number of fused-ring (bicyclic) bond motifs is 1. The Morgan fingerprint density at radius 2 is 2.17 bits per heavy atom. The molecule has 2 aliphatic rings. The van der Waals surface area contributed by atoms with Crippen molar-refractivity contribution >= 4 is 29.3 Å². The van der Waals surface area contributed by atoms with Crippen molar-refractivity contribution in [3.8, 4) is 0 Å². The highest BCUT2D eigenvalue weighted by molar-refractivity contribution is 6.06. The first-order valence-corrected chi connectivity index (χ1v) is 7.56. The van der Waals surface area contributed by atoms with E-state index in [0.29, 0.717) is 24.2 Å². The Morgan fingerprint density at radius 3 is 2.88 bits per heavy atom. The van der Waals surface area contributed by atoms with E-state index in [-0.39, 0.29) is 30.7 Å². The van der Waals surface area contributed by atoms with E-state index >= 15 is 0 Å². The molecule has 3 rings (SSSR count). The van der Waals surface area contributed by atoms with Crippen LogP contribution in [0.5, 0.6) is 0 Å². The van der Waals surface area contributed by atoms with Crippen LogP contribution in [0.4, 0.5) is 5.69 Å². The molecule has 1 fully saturated rings. The molecule has 0 radical (unpaired) electrons. The molecule has 1 aromatic rings. The highest BCUT2D eigenvalue weighted by atomic mass is 16.5. The molecule has 0 saturated carbocycles. The van der Waals surface area contributed by atoms with Gasteiger partial charge in [0.05, 0.1) is 0 Å². The topological polar surface area (TPSA) is 105 Å². The zero-order valence-corrected chi connectivity index (χ0v) is 13.1. The molecular formula is C16H17N3O5. The lowest BCUT2D eigenvalue weighted by molar-refractivity contribution is -0.137. The van der Waals surface area contributed by atoms with E-state index in [2.05, 4.69) is 10.6 Å². The third-order valence-electron chi connectivity index (χ3n) is 4.09. The quantitative estimate of drug-likeness (QED) is 0.758. The average Bonchev–Trinajstić information content (AvgIpc) is 2.84.